The zero-order valence-corrected chi connectivity index (χ0v) is 22.1. The van der Waals surface area contributed by atoms with Crippen molar-refractivity contribution in [2.45, 2.75) is 64.6 Å². The van der Waals surface area contributed by atoms with Gasteiger partial charge in [-0.25, -0.2) is 0 Å². The van der Waals surface area contributed by atoms with Crippen molar-refractivity contribution < 1.29 is 48.0 Å². The van der Waals surface area contributed by atoms with Crippen LogP contribution < -0.4 is 0 Å². The predicted molar refractivity (Wildman–Crippen MR) is 133 cm³/mol. The van der Waals surface area contributed by atoms with Gasteiger partial charge >= 0.3 is 23.9 Å². The number of esters is 4. The van der Waals surface area contributed by atoms with Crippen LogP contribution in [0.15, 0.2) is 42.5 Å². The summed E-state index contributed by atoms with van der Waals surface area (Å²) >= 11 is 6.47. The molecule has 5 atom stereocenters. The van der Waals surface area contributed by atoms with E-state index in [0.29, 0.717) is 22.6 Å². The van der Waals surface area contributed by atoms with Crippen molar-refractivity contribution in [3.63, 3.8) is 0 Å². The predicted octanol–water partition coefficient (Wildman–Crippen LogP) is 3.43. The van der Waals surface area contributed by atoms with Crippen LogP contribution in [0.3, 0.4) is 0 Å². The van der Waals surface area contributed by atoms with Gasteiger partial charge in [0, 0.05) is 32.7 Å². The van der Waals surface area contributed by atoms with Gasteiger partial charge in [0.2, 0.25) is 0 Å². The molecule has 2 aromatic rings. The van der Waals surface area contributed by atoms with Gasteiger partial charge in [-0.3, -0.25) is 19.2 Å². The molecule has 0 radical (unpaired) electrons. The van der Waals surface area contributed by atoms with Gasteiger partial charge in [-0.05, 0) is 41.3 Å². The van der Waals surface area contributed by atoms with Gasteiger partial charge < -0.3 is 28.8 Å². The van der Waals surface area contributed by atoms with E-state index in [1.165, 1.54) is 20.8 Å². The van der Waals surface area contributed by atoms with Crippen LogP contribution in [0, 0.1) is 0 Å². The van der Waals surface area contributed by atoms with Crippen molar-refractivity contribution in [3.05, 3.63) is 64.2 Å². The fraction of sp³-hybridized carbons (Fsp3) is 0.407. The van der Waals surface area contributed by atoms with Crippen LogP contribution in [0.25, 0.3) is 0 Å². The summed E-state index contributed by atoms with van der Waals surface area (Å²) in [5, 5.41) is 10.0. The number of hydrogen-bond acceptors (Lipinski definition) is 10. The molecule has 2 aromatic carbocycles. The van der Waals surface area contributed by atoms with E-state index < -0.39 is 54.4 Å². The molecule has 0 spiro atoms. The molecule has 0 amide bonds. The van der Waals surface area contributed by atoms with E-state index in [1.807, 2.05) is 0 Å². The summed E-state index contributed by atoms with van der Waals surface area (Å²) in [7, 11) is 0. The Hall–Kier alpha value is -3.63. The highest BCUT2D eigenvalue weighted by molar-refractivity contribution is 6.31. The minimum absolute atomic E-state index is 0.131. The molecule has 0 aromatic heterocycles. The maximum atomic E-state index is 12.1. The van der Waals surface area contributed by atoms with E-state index in [0.717, 1.165) is 12.5 Å². The van der Waals surface area contributed by atoms with Gasteiger partial charge in [-0.2, -0.15) is 0 Å². The molecule has 11 heteroatoms. The molecule has 1 aliphatic rings. The molecule has 3 rings (SSSR count). The summed E-state index contributed by atoms with van der Waals surface area (Å²) in [4.78, 5) is 47.6. The molecule has 1 aliphatic heterocycles. The Bertz CT molecular complexity index is 1180. The molecule has 1 heterocycles. The maximum Gasteiger partial charge on any atom is 0.303 e. The Balaban J connectivity index is 2.06. The monoisotopic (exact) mass is 548 g/mol. The van der Waals surface area contributed by atoms with Crippen LogP contribution in [-0.4, -0.2) is 60.0 Å². The Morgan fingerprint density at radius 2 is 1.39 bits per heavy atom. The third kappa shape index (κ3) is 7.69. The molecule has 204 valence electrons. The Labute approximate surface area is 224 Å². The lowest BCUT2D eigenvalue weighted by Gasteiger charge is -2.44. The van der Waals surface area contributed by atoms with Crippen molar-refractivity contribution in [2.75, 3.05) is 6.61 Å². The fourth-order valence-corrected chi connectivity index (χ4v) is 4.42. The summed E-state index contributed by atoms with van der Waals surface area (Å²) in [5.74, 6) is -2.56. The lowest BCUT2D eigenvalue weighted by molar-refractivity contribution is -0.254. The number of hydrogen-bond donors (Lipinski definition) is 1. The van der Waals surface area contributed by atoms with E-state index in [4.69, 9.17) is 35.3 Å². The van der Waals surface area contributed by atoms with E-state index in [1.54, 1.807) is 42.5 Å². The number of halogens is 1. The molecule has 10 nitrogen and oxygen atoms in total. The smallest absolute Gasteiger partial charge is 0.303 e. The molecule has 38 heavy (non-hydrogen) atoms. The van der Waals surface area contributed by atoms with Crippen molar-refractivity contribution >= 4 is 35.5 Å². The summed E-state index contributed by atoms with van der Waals surface area (Å²) in [5.41, 5.74) is 2.12. The zero-order chi connectivity index (χ0) is 28.0. The van der Waals surface area contributed by atoms with E-state index in [-0.39, 0.29) is 12.4 Å². The Morgan fingerprint density at radius 3 is 1.97 bits per heavy atom. The third-order valence-corrected chi connectivity index (χ3v) is 6.09. The normalized spacial score (nSPS) is 22.7. The standard InChI is InChI=1S/C27H29ClO10/c1-14(29)34-13-23-25(35-15(2)30)27(37-17(4)32)26(36-16(3)31)24(38-23)19-7-10-22(28)20(12-19)11-18-5-8-21(33)9-6-18/h5-10,12,23-27,33H,11,13H2,1-4H3/t23?,24?,25-,26+,27+/m1/s1. The second-order valence-electron chi connectivity index (χ2n) is 8.81. The average molecular weight is 549 g/mol. The second-order valence-corrected chi connectivity index (χ2v) is 9.22. The van der Waals surface area contributed by atoms with Gasteiger partial charge in [-0.1, -0.05) is 35.9 Å². The second kappa shape index (κ2) is 12.7. The first-order valence-electron chi connectivity index (χ1n) is 11.8. The minimum Gasteiger partial charge on any atom is -0.508 e. The molecule has 2 unspecified atom stereocenters. The largest absolute Gasteiger partial charge is 0.508 e. The van der Waals surface area contributed by atoms with Crippen molar-refractivity contribution in [2.24, 2.45) is 0 Å². The summed E-state index contributed by atoms with van der Waals surface area (Å²) in [6.45, 7) is 4.41. The zero-order valence-electron chi connectivity index (χ0n) is 21.3. The van der Waals surface area contributed by atoms with Crippen LogP contribution in [0.4, 0.5) is 0 Å². The van der Waals surface area contributed by atoms with Crippen LogP contribution in [0.1, 0.15) is 50.5 Å². The lowest BCUT2D eigenvalue weighted by atomic mass is 9.89. The SMILES string of the molecule is CC(=O)OCC1OC(c2ccc(Cl)c(Cc3ccc(O)cc3)c2)[C@H](OC(C)=O)[C@@H](OC(C)=O)[C@@H]1OC(C)=O. The molecule has 1 saturated heterocycles. The summed E-state index contributed by atoms with van der Waals surface area (Å²) in [6, 6.07) is 11.7. The van der Waals surface area contributed by atoms with Gasteiger partial charge in [0.05, 0.1) is 0 Å². The van der Waals surface area contributed by atoms with Crippen LogP contribution in [0.5, 0.6) is 5.75 Å². The van der Waals surface area contributed by atoms with Crippen molar-refractivity contribution in [1.82, 2.24) is 0 Å². The number of aromatic hydroxyl groups is 1. The van der Waals surface area contributed by atoms with Crippen LogP contribution in [-0.2, 0) is 49.3 Å². The van der Waals surface area contributed by atoms with E-state index in [2.05, 4.69) is 0 Å². The first-order chi connectivity index (χ1) is 17.9. The van der Waals surface area contributed by atoms with Crippen LogP contribution >= 0.6 is 11.6 Å². The first-order valence-corrected chi connectivity index (χ1v) is 12.2. The molecule has 0 saturated carbocycles. The molecule has 1 N–H and O–H groups in total. The summed E-state index contributed by atoms with van der Waals surface area (Å²) in [6.07, 6.45) is -5.36. The van der Waals surface area contributed by atoms with Crippen LogP contribution in [0.2, 0.25) is 5.02 Å². The number of phenolic OH excluding ortho intramolecular Hbond substituents is 1. The fourth-order valence-electron chi connectivity index (χ4n) is 4.24. The highest BCUT2D eigenvalue weighted by atomic mass is 35.5. The Kier molecular flexibility index (Phi) is 9.71. The highest BCUT2D eigenvalue weighted by Crippen LogP contribution is 2.39. The Morgan fingerprint density at radius 1 is 0.816 bits per heavy atom. The molecule has 1 fully saturated rings. The highest BCUT2D eigenvalue weighted by Gasteiger charge is 2.52. The average Bonchev–Trinajstić information content (AvgIpc) is 2.82. The number of ether oxygens (including phenoxy) is 5. The van der Waals surface area contributed by atoms with Gasteiger partial charge in [-0.15, -0.1) is 0 Å². The van der Waals surface area contributed by atoms with E-state index >= 15 is 0 Å². The van der Waals surface area contributed by atoms with E-state index in [9.17, 15) is 24.3 Å². The van der Waals surface area contributed by atoms with Gasteiger partial charge in [0.15, 0.2) is 18.3 Å². The number of rotatable bonds is 8. The van der Waals surface area contributed by atoms with Gasteiger partial charge in [0.1, 0.15) is 24.6 Å². The lowest BCUT2D eigenvalue weighted by Crippen LogP contribution is -2.59. The number of benzene rings is 2. The molecule has 0 aliphatic carbocycles. The first kappa shape index (κ1) is 28.9. The maximum absolute atomic E-state index is 12.1. The van der Waals surface area contributed by atoms with Gasteiger partial charge in [0.25, 0.3) is 0 Å². The molecular weight excluding hydrogens is 520 g/mol. The van der Waals surface area contributed by atoms with Crippen molar-refractivity contribution in [1.29, 1.82) is 0 Å². The number of phenols is 1. The summed E-state index contributed by atoms with van der Waals surface area (Å²) < 4.78 is 27.8. The molecule has 0 bridgehead atoms. The number of carbonyl (C=O) groups excluding carboxylic acids is 4. The number of carbonyl (C=O) groups is 4. The quantitative estimate of drug-likeness (QED) is 0.386. The third-order valence-electron chi connectivity index (χ3n) is 5.72. The van der Waals surface area contributed by atoms with Crippen molar-refractivity contribution in [3.8, 4) is 5.75 Å². The topological polar surface area (TPSA) is 135 Å². The molecular formula is C27H29ClO10. The minimum atomic E-state index is -1.27.